The van der Waals surface area contributed by atoms with E-state index in [0.717, 1.165) is 5.56 Å². The molecule has 26 heavy (non-hydrogen) atoms. The number of rotatable bonds is 6. The van der Waals surface area contributed by atoms with Crippen LogP contribution in [0.5, 0.6) is 0 Å². The number of esters is 2. The predicted molar refractivity (Wildman–Crippen MR) is 101 cm³/mol. The summed E-state index contributed by atoms with van der Waals surface area (Å²) in [4.78, 5) is 29.3. The van der Waals surface area contributed by atoms with Crippen LogP contribution in [-0.2, 0) is 9.47 Å². The number of carbonyl (C=O) groups excluding carboxylic acids is 2. The maximum absolute atomic E-state index is 12.5. The van der Waals surface area contributed by atoms with Gasteiger partial charge in [0.15, 0.2) is 0 Å². The minimum absolute atomic E-state index is 0.239. The first kappa shape index (κ1) is 19.4. The van der Waals surface area contributed by atoms with E-state index in [9.17, 15) is 9.59 Å². The fraction of sp³-hybridized carbons (Fsp3) is 0.286. The van der Waals surface area contributed by atoms with Gasteiger partial charge in [-0.05, 0) is 33.3 Å². The lowest BCUT2D eigenvalue weighted by Crippen LogP contribution is -2.17. The van der Waals surface area contributed by atoms with Crippen molar-refractivity contribution in [2.45, 2.75) is 27.7 Å². The van der Waals surface area contributed by atoms with Gasteiger partial charge >= 0.3 is 11.9 Å². The van der Waals surface area contributed by atoms with E-state index in [1.54, 1.807) is 33.8 Å². The van der Waals surface area contributed by atoms with E-state index >= 15 is 0 Å². The summed E-state index contributed by atoms with van der Waals surface area (Å²) in [6.07, 6.45) is 3.59. The van der Waals surface area contributed by atoms with Gasteiger partial charge in [-0.25, -0.2) is 9.59 Å². The summed E-state index contributed by atoms with van der Waals surface area (Å²) in [5.74, 6) is -1.01. The summed E-state index contributed by atoms with van der Waals surface area (Å²) < 4.78 is 10.3. The third-order valence-corrected chi connectivity index (χ3v) is 3.80. The molecule has 0 saturated carbocycles. The van der Waals surface area contributed by atoms with E-state index in [2.05, 4.69) is 4.98 Å². The molecule has 0 radical (unpaired) electrons. The number of aryl methyl sites for hydroxylation is 2. The Labute approximate surface area is 153 Å². The average Bonchev–Trinajstić information content (AvgIpc) is 2.60. The molecule has 0 spiro atoms. The second kappa shape index (κ2) is 8.94. The van der Waals surface area contributed by atoms with Gasteiger partial charge in [-0.2, -0.15) is 0 Å². The van der Waals surface area contributed by atoms with E-state index in [1.807, 2.05) is 36.4 Å². The molecule has 2 aromatic rings. The summed E-state index contributed by atoms with van der Waals surface area (Å²) in [6, 6.07) is 9.63. The molecule has 1 heterocycles. The molecule has 0 saturated heterocycles. The van der Waals surface area contributed by atoms with Crippen LogP contribution in [0.3, 0.4) is 0 Å². The van der Waals surface area contributed by atoms with Crippen LogP contribution in [0.15, 0.2) is 30.3 Å². The van der Waals surface area contributed by atoms with Crippen LogP contribution in [0.1, 0.15) is 57.1 Å². The van der Waals surface area contributed by atoms with Gasteiger partial charge < -0.3 is 9.47 Å². The molecule has 0 fully saturated rings. The minimum Gasteiger partial charge on any atom is -0.462 e. The highest BCUT2D eigenvalue weighted by Gasteiger charge is 2.25. The Bertz CT molecular complexity index is 783. The predicted octanol–water partition coefficient (Wildman–Crippen LogP) is 4.22. The van der Waals surface area contributed by atoms with Gasteiger partial charge in [0.05, 0.1) is 35.7 Å². The molecule has 2 rings (SSSR count). The summed E-state index contributed by atoms with van der Waals surface area (Å²) in [6.45, 7) is 7.41. The van der Waals surface area contributed by atoms with Gasteiger partial charge in [-0.3, -0.25) is 4.98 Å². The Balaban J connectivity index is 2.67. The molecule has 0 aliphatic heterocycles. The first-order valence-electron chi connectivity index (χ1n) is 8.58. The SMILES string of the molecule is CCOC(=O)c1c(C)nc(C)c(C(=O)OCC)c1/C=C/c1ccccc1. The van der Waals surface area contributed by atoms with Gasteiger partial charge in [0.2, 0.25) is 0 Å². The zero-order chi connectivity index (χ0) is 19.1. The summed E-state index contributed by atoms with van der Waals surface area (Å²) in [7, 11) is 0. The van der Waals surface area contributed by atoms with Crippen molar-refractivity contribution in [3.8, 4) is 0 Å². The smallest absolute Gasteiger partial charge is 0.340 e. The van der Waals surface area contributed by atoms with Crippen LogP contribution in [0.2, 0.25) is 0 Å². The van der Waals surface area contributed by atoms with Crippen LogP contribution in [0, 0.1) is 13.8 Å². The number of carbonyl (C=O) groups is 2. The largest absolute Gasteiger partial charge is 0.462 e. The number of ether oxygens (including phenoxy) is 2. The number of nitrogens with zero attached hydrogens (tertiary/aromatic N) is 1. The van der Waals surface area contributed by atoms with Crippen molar-refractivity contribution in [2.24, 2.45) is 0 Å². The molecule has 1 aromatic carbocycles. The third-order valence-electron chi connectivity index (χ3n) is 3.80. The summed E-state index contributed by atoms with van der Waals surface area (Å²) in [5.41, 5.74) is 3.02. The lowest BCUT2D eigenvalue weighted by atomic mass is 9.97. The van der Waals surface area contributed by atoms with Crippen LogP contribution >= 0.6 is 0 Å². The molecule has 0 aliphatic carbocycles. The van der Waals surface area contributed by atoms with E-state index in [-0.39, 0.29) is 24.3 Å². The normalized spacial score (nSPS) is 10.8. The highest BCUT2D eigenvalue weighted by Crippen LogP contribution is 2.25. The molecule has 0 unspecified atom stereocenters. The van der Waals surface area contributed by atoms with Crippen molar-refractivity contribution in [2.75, 3.05) is 13.2 Å². The zero-order valence-corrected chi connectivity index (χ0v) is 15.5. The topological polar surface area (TPSA) is 65.5 Å². The van der Waals surface area contributed by atoms with Crippen molar-refractivity contribution < 1.29 is 19.1 Å². The lowest BCUT2D eigenvalue weighted by Gasteiger charge is -2.15. The summed E-state index contributed by atoms with van der Waals surface area (Å²) >= 11 is 0. The second-order valence-electron chi connectivity index (χ2n) is 5.63. The quantitative estimate of drug-likeness (QED) is 0.727. The molecular weight excluding hydrogens is 330 g/mol. The molecule has 0 aliphatic rings. The molecule has 0 atom stereocenters. The first-order chi connectivity index (χ1) is 12.5. The maximum Gasteiger partial charge on any atom is 0.340 e. The van der Waals surface area contributed by atoms with Crippen LogP contribution in [0.25, 0.3) is 12.2 Å². The van der Waals surface area contributed by atoms with Crippen molar-refractivity contribution in [3.05, 3.63) is 64.0 Å². The van der Waals surface area contributed by atoms with Crippen LogP contribution < -0.4 is 0 Å². The van der Waals surface area contributed by atoms with Gasteiger partial charge in [-0.1, -0.05) is 42.5 Å². The average molecular weight is 353 g/mol. The molecule has 5 nitrogen and oxygen atoms in total. The number of hydrogen-bond acceptors (Lipinski definition) is 5. The van der Waals surface area contributed by atoms with Gasteiger partial charge in [0, 0.05) is 5.56 Å². The van der Waals surface area contributed by atoms with E-state index in [4.69, 9.17) is 9.47 Å². The second-order valence-corrected chi connectivity index (χ2v) is 5.63. The van der Waals surface area contributed by atoms with Crippen molar-refractivity contribution >= 4 is 24.1 Å². The Morgan fingerprint density at radius 3 is 1.85 bits per heavy atom. The third kappa shape index (κ3) is 4.36. The highest BCUT2D eigenvalue weighted by molar-refractivity contribution is 6.03. The zero-order valence-electron chi connectivity index (χ0n) is 15.5. The Morgan fingerprint density at radius 1 is 0.885 bits per heavy atom. The molecule has 1 aromatic heterocycles. The molecule has 0 N–H and O–H groups in total. The fourth-order valence-electron chi connectivity index (χ4n) is 2.71. The Kier molecular flexibility index (Phi) is 6.67. The number of pyridine rings is 1. The molecule has 0 amide bonds. The van der Waals surface area contributed by atoms with Gasteiger partial charge in [-0.15, -0.1) is 0 Å². The van der Waals surface area contributed by atoms with Gasteiger partial charge in [0.1, 0.15) is 0 Å². The fourth-order valence-corrected chi connectivity index (χ4v) is 2.71. The Hall–Kier alpha value is -2.95. The van der Waals surface area contributed by atoms with Crippen molar-refractivity contribution in [3.63, 3.8) is 0 Å². The van der Waals surface area contributed by atoms with E-state index in [0.29, 0.717) is 17.0 Å². The molecule has 136 valence electrons. The number of aromatic nitrogens is 1. The molecular formula is C21H23NO4. The van der Waals surface area contributed by atoms with Crippen LogP contribution in [0.4, 0.5) is 0 Å². The summed E-state index contributed by atoms with van der Waals surface area (Å²) in [5, 5.41) is 0. The van der Waals surface area contributed by atoms with Crippen LogP contribution in [-0.4, -0.2) is 30.1 Å². The number of benzene rings is 1. The first-order valence-corrected chi connectivity index (χ1v) is 8.58. The number of hydrogen-bond donors (Lipinski definition) is 0. The van der Waals surface area contributed by atoms with Crippen molar-refractivity contribution in [1.82, 2.24) is 4.98 Å². The van der Waals surface area contributed by atoms with Crippen molar-refractivity contribution in [1.29, 1.82) is 0 Å². The van der Waals surface area contributed by atoms with Gasteiger partial charge in [0.25, 0.3) is 0 Å². The minimum atomic E-state index is -0.504. The molecule has 5 heteroatoms. The lowest BCUT2D eigenvalue weighted by molar-refractivity contribution is 0.0522. The maximum atomic E-state index is 12.5. The van der Waals surface area contributed by atoms with E-state index < -0.39 is 11.9 Å². The van der Waals surface area contributed by atoms with E-state index in [1.165, 1.54) is 0 Å². The Morgan fingerprint density at radius 2 is 1.38 bits per heavy atom. The standard InChI is InChI=1S/C21H23NO4/c1-5-25-20(23)18-14(3)22-15(4)19(21(24)26-6-2)17(18)13-12-16-10-8-7-9-11-16/h7-13H,5-6H2,1-4H3/b13-12+. The molecule has 0 bridgehead atoms. The monoisotopic (exact) mass is 353 g/mol. The highest BCUT2D eigenvalue weighted by atomic mass is 16.5.